The van der Waals surface area contributed by atoms with Gasteiger partial charge in [-0.25, -0.2) is 0 Å². The highest BCUT2D eigenvalue weighted by molar-refractivity contribution is 9.25. The van der Waals surface area contributed by atoms with E-state index in [1.54, 1.807) is 13.7 Å². The van der Waals surface area contributed by atoms with Crippen molar-refractivity contribution in [2.75, 3.05) is 6.54 Å². The predicted molar refractivity (Wildman–Crippen MR) is 71.9 cm³/mol. The van der Waals surface area contributed by atoms with Crippen LogP contribution in [0.3, 0.4) is 0 Å². The Bertz CT molecular complexity index is 324. The van der Waals surface area contributed by atoms with Crippen LogP contribution >= 0.6 is 31.9 Å². The Morgan fingerprint density at radius 2 is 2.12 bits per heavy atom. The number of piperidine rings is 1. The topological polar surface area (TPSA) is 40.5 Å². The third kappa shape index (κ3) is 2.02. The first-order valence-corrected chi connectivity index (χ1v) is 7.20. The first-order chi connectivity index (χ1) is 7.29. The van der Waals surface area contributed by atoms with E-state index in [4.69, 9.17) is 0 Å². The summed E-state index contributed by atoms with van der Waals surface area (Å²) < 4.78 is 0.0193. The van der Waals surface area contributed by atoms with Crippen molar-refractivity contribution >= 4 is 44.7 Å². The number of carbonyl (C=O) groups is 1. The molecule has 0 aromatic carbocycles. The van der Waals surface area contributed by atoms with Crippen LogP contribution in [0.2, 0.25) is 6.82 Å². The fourth-order valence-corrected chi connectivity index (χ4v) is 4.58. The number of Topliss-reactive ketones (excluding diaryl/α,β-unsaturated/α-hetero) is 1. The van der Waals surface area contributed by atoms with Crippen LogP contribution < -0.4 is 0 Å². The maximum absolute atomic E-state index is 11.7. The van der Waals surface area contributed by atoms with E-state index in [1.807, 2.05) is 4.81 Å². The van der Waals surface area contributed by atoms with Crippen molar-refractivity contribution in [1.82, 2.24) is 4.81 Å². The third-order valence-electron chi connectivity index (χ3n) is 3.99. The minimum absolute atomic E-state index is 0.0193. The fraction of sp³-hybridized carbons (Fsp3) is 0.900. The number of alkyl halides is 2. The predicted octanol–water partition coefficient (Wildman–Crippen LogP) is 2.03. The molecule has 6 heteroatoms. The highest BCUT2D eigenvalue weighted by atomic mass is 79.9. The average Bonchev–Trinajstić information content (AvgIpc) is 2.66. The fourth-order valence-electron chi connectivity index (χ4n) is 2.79. The first kappa shape index (κ1) is 13.1. The smallest absolute Gasteiger partial charge is 0.377 e. The molecular weight excluding hydrogens is 337 g/mol. The molecule has 0 bridgehead atoms. The lowest BCUT2D eigenvalue weighted by Crippen LogP contribution is -2.53. The number of hydrogen-bond donors (Lipinski definition) is 1. The second-order valence-electron chi connectivity index (χ2n) is 5.11. The Kier molecular flexibility index (Phi) is 3.32. The first-order valence-electron chi connectivity index (χ1n) is 5.61. The van der Waals surface area contributed by atoms with Crippen LogP contribution in [-0.4, -0.2) is 38.5 Å². The quantitative estimate of drug-likeness (QED) is 0.610. The van der Waals surface area contributed by atoms with Crippen molar-refractivity contribution in [3.8, 4) is 0 Å². The molecule has 0 radical (unpaired) electrons. The highest BCUT2D eigenvalue weighted by Crippen LogP contribution is 2.71. The second-order valence-corrected chi connectivity index (χ2v) is 8.88. The number of rotatable bonds is 2. The number of ketones is 1. The lowest BCUT2D eigenvalue weighted by atomic mass is 9.75. The standard InChI is InChI=1S/C10H16BBr2NO2/c1-7(15)8-5-9(6-10(9,12)13)3-4-14(8)11(2)16/h8,16H,3-6H2,1-2H3/t8-,9?/m1/s1. The summed E-state index contributed by atoms with van der Waals surface area (Å²) in [7, 11) is -0.537. The van der Waals surface area contributed by atoms with Gasteiger partial charge in [0.05, 0.1) is 9.28 Å². The van der Waals surface area contributed by atoms with E-state index in [-0.39, 0.29) is 20.5 Å². The molecule has 90 valence electrons. The minimum atomic E-state index is -0.537. The Labute approximate surface area is 113 Å². The largest absolute Gasteiger partial charge is 0.437 e. The van der Waals surface area contributed by atoms with Crippen LogP contribution in [0.25, 0.3) is 0 Å². The van der Waals surface area contributed by atoms with Crippen molar-refractivity contribution in [1.29, 1.82) is 0 Å². The zero-order valence-corrected chi connectivity index (χ0v) is 12.7. The van der Waals surface area contributed by atoms with Crippen LogP contribution in [0.15, 0.2) is 0 Å². The van der Waals surface area contributed by atoms with E-state index in [0.29, 0.717) is 0 Å². The van der Waals surface area contributed by atoms with Gasteiger partial charge < -0.3 is 9.83 Å². The lowest BCUT2D eigenvalue weighted by Gasteiger charge is -2.40. The van der Waals surface area contributed by atoms with Gasteiger partial charge in [0.25, 0.3) is 0 Å². The second kappa shape index (κ2) is 4.07. The SMILES string of the molecule is CB(O)N1CCC2(C[C@@H]1C(C)=O)CC2(Br)Br. The van der Waals surface area contributed by atoms with Crippen molar-refractivity contribution in [3.63, 3.8) is 0 Å². The van der Waals surface area contributed by atoms with Gasteiger partial charge in [0.15, 0.2) is 0 Å². The monoisotopic (exact) mass is 351 g/mol. The molecule has 1 saturated heterocycles. The number of hydrogen-bond acceptors (Lipinski definition) is 3. The van der Waals surface area contributed by atoms with Gasteiger partial charge in [0.1, 0.15) is 5.78 Å². The molecule has 1 heterocycles. The van der Waals surface area contributed by atoms with Crippen molar-refractivity contribution in [3.05, 3.63) is 0 Å². The molecule has 1 saturated carbocycles. The molecule has 1 aliphatic heterocycles. The van der Waals surface area contributed by atoms with Gasteiger partial charge in [-0.15, -0.1) is 0 Å². The van der Waals surface area contributed by atoms with Crippen molar-refractivity contribution < 1.29 is 9.82 Å². The van der Waals surface area contributed by atoms with Crippen molar-refractivity contribution in [2.24, 2.45) is 5.41 Å². The molecule has 1 N–H and O–H groups in total. The zero-order chi connectivity index (χ0) is 12.1. The van der Waals surface area contributed by atoms with Gasteiger partial charge in [-0.05, 0) is 39.6 Å². The molecule has 0 amide bonds. The molecular formula is C10H16BBr2NO2. The van der Waals surface area contributed by atoms with Gasteiger partial charge in [-0.3, -0.25) is 4.79 Å². The lowest BCUT2D eigenvalue weighted by molar-refractivity contribution is -0.122. The summed E-state index contributed by atoms with van der Waals surface area (Å²) in [5, 5.41) is 9.67. The normalized spacial score (nSPS) is 37.4. The van der Waals surface area contributed by atoms with E-state index in [0.717, 1.165) is 25.8 Å². The van der Waals surface area contributed by atoms with Gasteiger partial charge in [0, 0.05) is 5.41 Å². The van der Waals surface area contributed by atoms with Crippen LogP contribution in [0.4, 0.5) is 0 Å². The van der Waals surface area contributed by atoms with E-state index in [9.17, 15) is 9.82 Å². The molecule has 1 unspecified atom stereocenters. The number of carbonyl (C=O) groups excluding carboxylic acids is 1. The number of nitrogens with zero attached hydrogens (tertiary/aromatic N) is 1. The van der Waals surface area contributed by atoms with Gasteiger partial charge in [0.2, 0.25) is 0 Å². The molecule has 2 atom stereocenters. The Morgan fingerprint density at radius 3 is 2.50 bits per heavy atom. The summed E-state index contributed by atoms with van der Waals surface area (Å²) in [4.78, 5) is 13.6. The molecule has 3 nitrogen and oxygen atoms in total. The Morgan fingerprint density at radius 1 is 1.56 bits per heavy atom. The minimum Gasteiger partial charge on any atom is -0.437 e. The molecule has 0 aromatic heterocycles. The summed E-state index contributed by atoms with van der Waals surface area (Å²) >= 11 is 7.33. The summed E-state index contributed by atoms with van der Waals surface area (Å²) in [6.07, 6.45) is 2.93. The van der Waals surface area contributed by atoms with Crippen LogP contribution in [0.5, 0.6) is 0 Å². The molecule has 2 aliphatic rings. The number of halogens is 2. The van der Waals surface area contributed by atoms with Crippen LogP contribution in [-0.2, 0) is 4.79 Å². The molecule has 1 spiro atoms. The Hall–Kier alpha value is 0.615. The summed E-state index contributed by atoms with van der Waals surface area (Å²) in [6, 6.07) is -0.134. The van der Waals surface area contributed by atoms with Crippen molar-refractivity contribution in [2.45, 2.75) is 42.3 Å². The van der Waals surface area contributed by atoms with E-state index >= 15 is 0 Å². The van der Waals surface area contributed by atoms with E-state index < -0.39 is 7.05 Å². The summed E-state index contributed by atoms with van der Waals surface area (Å²) in [5.74, 6) is 0.155. The van der Waals surface area contributed by atoms with Crippen LogP contribution in [0.1, 0.15) is 26.2 Å². The summed E-state index contributed by atoms with van der Waals surface area (Å²) in [5.41, 5.74) is 0.203. The van der Waals surface area contributed by atoms with Gasteiger partial charge in [-0.1, -0.05) is 31.9 Å². The maximum atomic E-state index is 11.7. The van der Waals surface area contributed by atoms with E-state index in [2.05, 4.69) is 31.9 Å². The molecule has 1 aliphatic carbocycles. The van der Waals surface area contributed by atoms with Gasteiger partial charge in [-0.2, -0.15) is 0 Å². The molecule has 2 rings (SSSR count). The third-order valence-corrected chi connectivity index (χ3v) is 6.24. The van der Waals surface area contributed by atoms with E-state index in [1.165, 1.54) is 0 Å². The van der Waals surface area contributed by atoms with Gasteiger partial charge >= 0.3 is 7.05 Å². The zero-order valence-electron chi connectivity index (χ0n) is 9.54. The summed E-state index contributed by atoms with van der Waals surface area (Å²) in [6.45, 7) is 4.14. The maximum Gasteiger partial charge on any atom is 0.377 e. The average molecular weight is 353 g/mol. The molecule has 0 aromatic rings. The molecule has 16 heavy (non-hydrogen) atoms. The molecule has 2 fully saturated rings. The highest BCUT2D eigenvalue weighted by Gasteiger charge is 2.66. The Balaban J connectivity index is 2.14. The van der Waals surface area contributed by atoms with Crippen LogP contribution in [0, 0.1) is 5.41 Å².